The largest absolute Gasteiger partial charge is 0.416 e. The predicted octanol–water partition coefficient (Wildman–Crippen LogP) is 3.33. The van der Waals surface area contributed by atoms with Gasteiger partial charge in [-0.25, -0.2) is 0 Å². The molecule has 2 aliphatic rings. The zero-order chi connectivity index (χ0) is 17.2. The van der Waals surface area contributed by atoms with E-state index in [-0.39, 0.29) is 11.8 Å². The van der Waals surface area contributed by atoms with Crippen molar-refractivity contribution in [2.75, 3.05) is 19.8 Å². The highest BCUT2D eigenvalue weighted by molar-refractivity contribution is 5.28. The Morgan fingerprint density at radius 1 is 1.17 bits per heavy atom. The fourth-order valence-electron chi connectivity index (χ4n) is 3.72. The summed E-state index contributed by atoms with van der Waals surface area (Å²) in [5.41, 5.74) is 0.373. The van der Waals surface area contributed by atoms with Gasteiger partial charge in [0.1, 0.15) is 0 Å². The summed E-state index contributed by atoms with van der Waals surface area (Å²) in [4.78, 5) is 0. The number of aliphatic hydroxyl groups excluding tert-OH is 1. The third kappa shape index (κ3) is 4.29. The van der Waals surface area contributed by atoms with Crippen LogP contribution in [0.15, 0.2) is 24.3 Å². The second-order valence-electron chi connectivity index (χ2n) is 6.93. The van der Waals surface area contributed by atoms with Gasteiger partial charge in [-0.15, -0.1) is 0 Å². The Morgan fingerprint density at radius 2 is 1.92 bits per heavy atom. The third-order valence-electron chi connectivity index (χ3n) is 5.27. The Hall–Kier alpha value is -1.11. The lowest BCUT2D eigenvalue weighted by atomic mass is 9.96. The van der Waals surface area contributed by atoms with E-state index in [9.17, 15) is 18.3 Å². The summed E-state index contributed by atoms with van der Waals surface area (Å²) in [5, 5.41) is 13.6. The zero-order valence-electron chi connectivity index (χ0n) is 13.6. The Morgan fingerprint density at radius 3 is 2.54 bits per heavy atom. The Labute approximate surface area is 140 Å². The van der Waals surface area contributed by atoms with Crippen LogP contribution in [0, 0.1) is 5.92 Å². The number of nitrogens with one attached hydrogen (secondary N) is 1. The molecule has 1 saturated carbocycles. The molecule has 0 amide bonds. The van der Waals surface area contributed by atoms with Gasteiger partial charge in [0.25, 0.3) is 0 Å². The van der Waals surface area contributed by atoms with Gasteiger partial charge in [0.05, 0.1) is 18.3 Å². The van der Waals surface area contributed by atoms with Crippen molar-refractivity contribution in [2.45, 2.75) is 49.9 Å². The average Bonchev–Trinajstić information content (AvgIpc) is 3.23. The molecule has 2 N–H and O–H groups in total. The van der Waals surface area contributed by atoms with Crippen LogP contribution in [0.25, 0.3) is 0 Å². The summed E-state index contributed by atoms with van der Waals surface area (Å²) in [6, 6.07) is 5.84. The SMILES string of the molecule is OC(CNC1CCC(c2ccc(C(F)(F)F)cc2)C1)C1CCOC1. The van der Waals surface area contributed by atoms with Gasteiger partial charge in [-0.05, 0) is 49.3 Å². The molecule has 6 heteroatoms. The van der Waals surface area contributed by atoms with E-state index in [1.165, 1.54) is 12.1 Å². The topological polar surface area (TPSA) is 41.5 Å². The van der Waals surface area contributed by atoms with Gasteiger partial charge < -0.3 is 15.2 Å². The molecule has 1 aliphatic heterocycles. The van der Waals surface area contributed by atoms with Gasteiger partial charge in [0, 0.05) is 25.1 Å². The summed E-state index contributed by atoms with van der Waals surface area (Å²) in [7, 11) is 0. The Bertz CT molecular complexity index is 526. The quantitative estimate of drug-likeness (QED) is 0.862. The lowest BCUT2D eigenvalue weighted by Gasteiger charge is -2.20. The number of rotatable bonds is 5. The van der Waals surface area contributed by atoms with Crippen LogP contribution in [0.4, 0.5) is 13.2 Å². The third-order valence-corrected chi connectivity index (χ3v) is 5.27. The van der Waals surface area contributed by atoms with Crippen LogP contribution in [-0.4, -0.2) is 37.0 Å². The normalized spacial score (nSPS) is 29.1. The first-order valence-electron chi connectivity index (χ1n) is 8.60. The van der Waals surface area contributed by atoms with Crippen LogP contribution in [0.3, 0.4) is 0 Å². The van der Waals surface area contributed by atoms with Crippen LogP contribution in [-0.2, 0) is 10.9 Å². The molecule has 0 bridgehead atoms. The van der Waals surface area contributed by atoms with E-state index in [0.29, 0.717) is 19.2 Å². The molecule has 0 radical (unpaired) electrons. The number of aliphatic hydroxyl groups is 1. The summed E-state index contributed by atoms with van der Waals surface area (Å²) < 4.78 is 43.2. The molecular formula is C18H24F3NO2. The van der Waals surface area contributed by atoms with Crippen molar-refractivity contribution >= 4 is 0 Å². The smallest absolute Gasteiger partial charge is 0.391 e. The van der Waals surface area contributed by atoms with Crippen LogP contribution in [0.2, 0.25) is 0 Å². The summed E-state index contributed by atoms with van der Waals surface area (Å²) >= 11 is 0. The van der Waals surface area contributed by atoms with Gasteiger partial charge in [0.2, 0.25) is 0 Å². The number of hydrogen-bond acceptors (Lipinski definition) is 3. The maximum atomic E-state index is 12.6. The highest BCUT2D eigenvalue weighted by atomic mass is 19.4. The zero-order valence-corrected chi connectivity index (χ0v) is 13.6. The van der Waals surface area contributed by atoms with Gasteiger partial charge in [-0.1, -0.05) is 12.1 Å². The van der Waals surface area contributed by atoms with E-state index < -0.39 is 17.8 Å². The Balaban J connectivity index is 1.48. The van der Waals surface area contributed by atoms with Crippen molar-refractivity contribution in [3.8, 4) is 0 Å². The summed E-state index contributed by atoms with van der Waals surface area (Å²) in [6.45, 7) is 1.90. The lowest BCUT2D eigenvalue weighted by molar-refractivity contribution is -0.137. The maximum Gasteiger partial charge on any atom is 0.416 e. The standard InChI is InChI=1S/C18H24F3NO2/c19-18(20,21)15-4-1-12(2-5-15)13-3-6-16(9-13)22-10-17(23)14-7-8-24-11-14/h1-2,4-5,13-14,16-17,22-23H,3,6-11H2. The van der Waals surface area contributed by atoms with E-state index in [0.717, 1.165) is 37.9 Å². The van der Waals surface area contributed by atoms with Crippen molar-refractivity contribution in [3.05, 3.63) is 35.4 Å². The number of benzene rings is 1. The number of hydrogen-bond donors (Lipinski definition) is 2. The molecule has 1 heterocycles. The number of ether oxygens (including phenoxy) is 1. The molecule has 3 nitrogen and oxygen atoms in total. The highest BCUT2D eigenvalue weighted by Crippen LogP contribution is 2.36. The van der Waals surface area contributed by atoms with E-state index in [1.807, 2.05) is 0 Å². The molecule has 1 saturated heterocycles. The first kappa shape index (κ1) is 17.7. The minimum Gasteiger partial charge on any atom is -0.391 e. The van der Waals surface area contributed by atoms with Crippen molar-refractivity contribution in [1.29, 1.82) is 0 Å². The molecule has 0 spiro atoms. The molecular weight excluding hydrogens is 319 g/mol. The van der Waals surface area contributed by atoms with Crippen molar-refractivity contribution in [2.24, 2.45) is 5.92 Å². The van der Waals surface area contributed by atoms with Crippen LogP contribution >= 0.6 is 0 Å². The molecule has 1 aromatic carbocycles. The minimum atomic E-state index is -4.28. The van der Waals surface area contributed by atoms with Crippen molar-refractivity contribution < 1.29 is 23.0 Å². The highest BCUT2D eigenvalue weighted by Gasteiger charge is 2.32. The molecule has 4 atom stereocenters. The van der Waals surface area contributed by atoms with Crippen molar-refractivity contribution in [1.82, 2.24) is 5.32 Å². The van der Waals surface area contributed by atoms with Gasteiger partial charge in [-0.2, -0.15) is 13.2 Å². The predicted molar refractivity (Wildman–Crippen MR) is 84.8 cm³/mol. The molecule has 134 valence electrons. The average molecular weight is 343 g/mol. The van der Waals surface area contributed by atoms with Crippen LogP contribution in [0.5, 0.6) is 0 Å². The molecule has 4 unspecified atom stereocenters. The van der Waals surface area contributed by atoms with Gasteiger partial charge >= 0.3 is 6.18 Å². The van der Waals surface area contributed by atoms with Crippen molar-refractivity contribution in [3.63, 3.8) is 0 Å². The second kappa shape index (κ2) is 7.42. The first-order valence-corrected chi connectivity index (χ1v) is 8.60. The van der Waals surface area contributed by atoms with E-state index in [1.54, 1.807) is 12.1 Å². The van der Waals surface area contributed by atoms with E-state index in [4.69, 9.17) is 4.74 Å². The monoisotopic (exact) mass is 343 g/mol. The van der Waals surface area contributed by atoms with E-state index in [2.05, 4.69) is 5.32 Å². The number of halogens is 3. The van der Waals surface area contributed by atoms with E-state index >= 15 is 0 Å². The van der Waals surface area contributed by atoms with Gasteiger partial charge in [-0.3, -0.25) is 0 Å². The molecule has 1 aromatic rings. The molecule has 2 fully saturated rings. The second-order valence-corrected chi connectivity index (χ2v) is 6.93. The Kier molecular flexibility index (Phi) is 5.47. The lowest BCUT2D eigenvalue weighted by Crippen LogP contribution is -2.38. The fraction of sp³-hybridized carbons (Fsp3) is 0.667. The molecule has 24 heavy (non-hydrogen) atoms. The molecule has 3 rings (SSSR count). The minimum absolute atomic E-state index is 0.213. The van der Waals surface area contributed by atoms with Crippen LogP contribution in [0.1, 0.15) is 42.7 Å². The summed E-state index contributed by atoms with van der Waals surface area (Å²) in [6.07, 6.45) is -0.914. The van der Waals surface area contributed by atoms with Crippen LogP contribution < -0.4 is 5.32 Å². The maximum absolute atomic E-state index is 12.6. The molecule has 1 aliphatic carbocycles. The first-order chi connectivity index (χ1) is 11.4. The molecule has 0 aromatic heterocycles. The number of alkyl halides is 3. The summed E-state index contributed by atoms with van der Waals surface area (Å²) in [5.74, 6) is 0.501. The van der Waals surface area contributed by atoms with Gasteiger partial charge in [0.15, 0.2) is 0 Å². The fourth-order valence-corrected chi connectivity index (χ4v) is 3.72.